The normalized spacial score (nSPS) is 16.4. The lowest BCUT2D eigenvalue weighted by atomic mass is 9.83. The molecular weight excluding hydrogens is 524 g/mol. The maximum Gasteiger partial charge on any atom is 0.271 e. The molecule has 0 fully saturated rings. The van der Waals surface area contributed by atoms with Crippen LogP contribution in [0.5, 0.6) is 5.75 Å². The largest absolute Gasteiger partial charge is 0.497 e. The number of nitrogens with one attached hydrogen (secondary N) is 1. The minimum atomic E-state index is -0.493. The maximum absolute atomic E-state index is 14.1. The fourth-order valence-corrected chi connectivity index (χ4v) is 6.89. The molecule has 2 aliphatic rings. The van der Waals surface area contributed by atoms with E-state index in [1.165, 1.54) is 17.4 Å². The molecule has 3 heterocycles. The first-order valence-corrected chi connectivity index (χ1v) is 13.8. The average Bonchev–Trinajstić information content (AvgIpc) is 3.46. The first-order valence-electron chi connectivity index (χ1n) is 13.0. The molecule has 198 valence electrons. The summed E-state index contributed by atoms with van der Waals surface area (Å²) in [4.78, 5) is 34.4. The molecule has 5 aromatic rings. The molecule has 0 spiro atoms. The number of non-ortho nitro benzene ring substituents is 1. The van der Waals surface area contributed by atoms with Crippen LogP contribution in [0.15, 0.2) is 82.1 Å². The highest BCUT2D eigenvalue weighted by Crippen LogP contribution is 2.42. The summed E-state index contributed by atoms with van der Waals surface area (Å²) < 4.78 is 7.73. The van der Waals surface area contributed by atoms with Crippen molar-refractivity contribution in [1.82, 2.24) is 9.55 Å². The van der Waals surface area contributed by atoms with Gasteiger partial charge in [0.05, 0.1) is 28.3 Å². The number of para-hydroxylation sites is 1. The minimum absolute atomic E-state index is 0.00543. The molecule has 2 aromatic heterocycles. The van der Waals surface area contributed by atoms with Crippen LogP contribution >= 0.6 is 11.3 Å². The summed E-state index contributed by atoms with van der Waals surface area (Å²) in [5.74, 6) is 0.785. The Morgan fingerprint density at radius 1 is 1.12 bits per heavy atom. The summed E-state index contributed by atoms with van der Waals surface area (Å²) in [7, 11) is 1.65. The Balaban J connectivity index is 1.50. The number of nitro groups is 1. The van der Waals surface area contributed by atoms with Crippen LogP contribution in [0.3, 0.4) is 0 Å². The number of hydrogen-bond donors (Lipinski definition) is 1. The van der Waals surface area contributed by atoms with Crippen LogP contribution < -0.4 is 19.6 Å². The summed E-state index contributed by atoms with van der Waals surface area (Å²) in [5, 5.41) is 12.7. The summed E-state index contributed by atoms with van der Waals surface area (Å²) in [6.45, 7) is 2.00. The van der Waals surface area contributed by atoms with Crippen molar-refractivity contribution in [2.75, 3.05) is 7.11 Å². The molecule has 1 aliphatic carbocycles. The van der Waals surface area contributed by atoms with Gasteiger partial charge >= 0.3 is 0 Å². The lowest BCUT2D eigenvalue weighted by Gasteiger charge is -2.31. The van der Waals surface area contributed by atoms with Gasteiger partial charge in [0.1, 0.15) is 5.75 Å². The van der Waals surface area contributed by atoms with Gasteiger partial charge in [0.25, 0.3) is 11.2 Å². The quantitative estimate of drug-likeness (QED) is 0.252. The molecule has 1 aliphatic heterocycles. The molecular formula is C31H24N4O4S. The van der Waals surface area contributed by atoms with E-state index in [0.717, 1.165) is 56.7 Å². The Bertz CT molecular complexity index is 2080. The number of benzene rings is 3. The number of fused-ring (bicyclic) bond motifs is 4. The number of hydrogen-bond acceptors (Lipinski definition) is 6. The number of ether oxygens (including phenoxy) is 1. The zero-order valence-corrected chi connectivity index (χ0v) is 22.6. The number of nitrogens with zero attached hydrogens (tertiary/aromatic N) is 3. The van der Waals surface area contributed by atoms with Crippen molar-refractivity contribution >= 4 is 39.7 Å². The number of aromatic amines is 1. The van der Waals surface area contributed by atoms with Gasteiger partial charge in [-0.25, -0.2) is 4.99 Å². The van der Waals surface area contributed by atoms with Gasteiger partial charge in [-0.15, -0.1) is 0 Å². The van der Waals surface area contributed by atoms with E-state index in [1.807, 2.05) is 61.5 Å². The van der Waals surface area contributed by atoms with Crippen molar-refractivity contribution in [3.63, 3.8) is 0 Å². The molecule has 1 unspecified atom stereocenters. The van der Waals surface area contributed by atoms with Gasteiger partial charge in [-0.3, -0.25) is 19.5 Å². The molecule has 0 bridgehead atoms. The van der Waals surface area contributed by atoms with Gasteiger partial charge in [-0.2, -0.15) is 0 Å². The van der Waals surface area contributed by atoms with Crippen molar-refractivity contribution in [3.8, 4) is 5.75 Å². The Labute approximate surface area is 232 Å². The third-order valence-corrected chi connectivity index (χ3v) is 8.77. The van der Waals surface area contributed by atoms with Crippen LogP contribution in [0.2, 0.25) is 0 Å². The lowest BCUT2D eigenvalue weighted by molar-refractivity contribution is -0.384. The van der Waals surface area contributed by atoms with Crippen LogP contribution in [0.1, 0.15) is 40.4 Å². The highest BCUT2D eigenvalue weighted by Gasteiger charge is 2.33. The monoisotopic (exact) mass is 548 g/mol. The van der Waals surface area contributed by atoms with Crippen molar-refractivity contribution in [3.05, 3.63) is 130 Å². The summed E-state index contributed by atoms with van der Waals surface area (Å²) in [5.41, 5.74) is 7.44. The van der Waals surface area contributed by atoms with E-state index < -0.39 is 11.0 Å². The fourth-order valence-electron chi connectivity index (χ4n) is 5.91. The summed E-state index contributed by atoms with van der Waals surface area (Å²) in [6, 6.07) is 20.1. The lowest BCUT2D eigenvalue weighted by Crippen LogP contribution is -2.38. The fraction of sp³-hybridized carbons (Fsp3) is 0.161. The van der Waals surface area contributed by atoms with E-state index in [1.54, 1.807) is 23.8 Å². The number of H-pyrrole nitrogens is 1. The molecule has 0 radical (unpaired) electrons. The topological polar surface area (TPSA) is 103 Å². The number of allylic oxidation sites excluding steroid dienone is 1. The third-order valence-electron chi connectivity index (χ3n) is 7.78. The molecule has 7 rings (SSSR count). The zero-order chi connectivity index (χ0) is 27.5. The van der Waals surface area contributed by atoms with Gasteiger partial charge in [-0.1, -0.05) is 41.7 Å². The minimum Gasteiger partial charge on any atom is -0.497 e. The molecule has 1 atom stereocenters. The van der Waals surface area contributed by atoms with Crippen LogP contribution in [0.4, 0.5) is 5.69 Å². The zero-order valence-electron chi connectivity index (χ0n) is 21.8. The second kappa shape index (κ2) is 9.17. The molecule has 9 heteroatoms. The van der Waals surface area contributed by atoms with Gasteiger partial charge < -0.3 is 9.72 Å². The Hall–Kier alpha value is -4.76. The Morgan fingerprint density at radius 3 is 2.80 bits per heavy atom. The molecule has 1 N–H and O–H groups in total. The first kappa shape index (κ1) is 24.3. The van der Waals surface area contributed by atoms with Gasteiger partial charge in [-0.05, 0) is 66.8 Å². The molecule has 3 aromatic carbocycles. The van der Waals surface area contributed by atoms with Gasteiger partial charge in [0.15, 0.2) is 4.80 Å². The number of thiazole rings is 1. The van der Waals surface area contributed by atoms with Crippen LogP contribution in [0.25, 0.3) is 22.7 Å². The Morgan fingerprint density at radius 2 is 1.98 bits per heavy atom. The summed E-state index contributed by atoms with van der Waals surface area (Å²) >= 11 is 1.35. The second-order valence-electron chi connectivity index (χ2n) is 10.0. The number of methoxy groups -OCH3 is 1. The number of aryl methyl sites for hydroxylation is 2. The van der Waals surface area contributed by atoms with E-state index in [2.05, 4.69) is 4.98 Å². The second-order valence-corrected chi connectivity index (χ2v) is 11.1. The predicted octanol–water partition coefficient (Wildman–Crippen LogP) is 5.03. The maximum atomic E-state index is 14.1. The number of nitro benzene ring substituents is 1. The van der Waals surface area contributed by atoms with Crippen LogP contribution in [-0.2, 0) is 6.42 Å². The molecule has 8 nitrogen and oxygen atoms in total. The predicted molar refractivity (Wildman–Crippen MR) is 155 cm³/mol. The highest BCUT2D eigenvalue weighted by molar-refractivity contribution is 7.07. The average molecular weight is 549 g/mol. The van der Waals surface area contributed by atoms with E-state index in [-0.39, 0.29) is 11.2 Å². The van der Waals surface area contributed by atoms with Crippen LogP contribution in [-0.4, -0.2) is 21.6 Å². The van der Waals surface area contributed by atoms with E-state index in [0.29, 0.717) is 21.3 Å². The van der Waals surface area contributed by atoms with Crippen molar-refractivity contribution < 1.29 is 9.66 Å². The van der Waals surface area contributed by atoms with Crippen molar-refractivity contribution in [2.45, 2.75) is 25.8 Å². The van der Waals surface area contributed by atoms with Crippen molar-refractivity contribution in [1.29, 1.82) is 0 Å². The molecule has 40 heavy (non-hydrogen) atoms. The van der Waals surface area contributed by atoms with Crippen LogP contribution in [0, 0.1) is 17.0 Å². The van der Waals surface area contributed by atoms with Gasteiger partial charge in [0, 0.05) is 39.9 Å². The standard InChI is InChI=1S/C31H24N4O4S/c1-17-25(23-8-3-4-9-26(23)32-17)16-27-30(36)34-29(19-6-5-7-20(14-19)35(37)38)24-12-10-18-15-21(39-2)11-13-22(18)28(24)33-31(34)40-27/h3-9,11,13-16,29,32H,10,12H2,1-2H3/b27-16-. The molecule has 0 saturated heterocycles. The van der Waals surface area contributed by atoms with E-state index in [4.69, 9.17) is 9.73 Å². The molecule has 0 amide bonds. The number of aromatic nitrogens is 2. The first-order chi connectivity index (χ1) is 19.4. The van der Waals surface area contributed by atoms with E-state index in [9.17, 15) is 14.9 Å². The SMILES string of the molecule is COc1ccc2c(c1)CCC1=C2N=c2s/c(=C\c3c(C)[nH]c4ccccc34)c(=O)n2C1c1cccc([N+](=O)[O-])c1. The Kier molecular flexibility index (Phi) is 5.57. The number of rotatable bonds is 4. The third kappa shape index (κ3) is 3.73. The molecule has 0 saturated carbocycles. The van der Waals surface area contributed by atoms with Crippen molar-refractivity contribution in [2.24, 2.45) is 4.99 Å². The van der Waals surface area contributed by atoms with E-state index >= 15 is 0 Å². The van der Waals surface area contributed by atoms with Gasteiger partial charge in [0.2, 0.25) is 0 Å². The highest BCUT2D eigenvalue weighted by atomic mass is 32.1. The summed E-state index contributed by atoms with van der Waals surface area (Å²) in [6.07, 6.45) is 3.37. The smallest absolute Gasteiger partial charge is 0.271 e.